The van der Waals surface area contributed by atoms with E-state index in [2.05, 4.69) is 14.9 Å². The second kappa shape index (κ2) is 6.13. The molecule has 1 heterocycles. The van der Waals surface area contributed by atoms with E-state index in [1.54, 1.807) is 12.1 Å². The van der Waals surface area contributed by atoms with E-state index in [-0.39, 0.29) is 24.7 Å². The number of nitrogens with zero attached hydrogens (tertiary/aromatic N) is 2. The van der Waals surface area contributed by atoms with E-state index in [1.807, 2.05) is 13.0 Å². The molecule has 0 saturated heterocycles. The van der Waals surface area contributed by atoms with Crippen LogP contribution in [0.4, 0.5) is 18.9 Å². The summed E-state index contributed by atoms with van der Waals surface area (Å²) >= 11 is 0. The van der Waals surface area contributed by atoms with Gasteiger partial charge in [0.25, 0.3) is 5.89 Å². The number of alkyl halides is 3. The van der Waals surface area contributed by atoms with Crippen LogP contribution in [0.1, 0.15) is 11.4 Å². The highest BCUT2D eigenvalue weighted by molar-refractivity contribution is 5.63. The minimum atomic E-state index is -4.33. The van der Waals surface area contributed by atoms with Crippen LogP contribution in [0.15, 0.2) is 22.7 Å². The van der Waals surface area contributed by atoms with Crippen LogP contribution in [0, 0.1) is 6.92 Å². The number of anilines is 1. The topological polar surface area (TPSA) is 74.2 Å². The lowest BCUT2D eigenvalue weighted by atomic mass is 10.1. The lowest BCUT2D eigenvalue weighted by molar-refractivity contribution is -0.173. The van der Waals surface area contributed by atoms with Gasteiger partial charge in [-0.25, -0.2) is 0 Å². The molecule has 0 saturated carbocycles. The summed E-state index contributed by atoms with van der Waals surface area (Å²) in [7, 11) is 0. The molecule has 1 aromatic heterocycles. The van der Waals surface area contributed by atoms with Gasteiger partial charge in [0.1, 0.15) is 6.61 Å². The molecule has 0 aliphatic carbocycles. The van der Waals surface area contributed by atoms with Crippen molar-refractivity contribution >= 4 is 5.69 Å². The maximum atomic E-state index is 11.9. The number of hydrogen-bond acceptors (Lipinski definition) is 5. The Morgan fingerprint density at radius 1 is 1.33 bits per heavy atom. The van der Waals surface area contributed by atoms with E-state index >= 15 is 0 Å². The largest absolute Gasteiger partial charge is 0.411 e. The van der Waals surface area contributed by atoms with Gasteiger partial charge in [0, 0.05) is 17.7 Å². The Bertz CT molecular complexity index is 611. The summed E-state index contributed by atoms with van der Waals surface area (Å²) in [5.74, 6) is 0.569. The van der Waals surface area contributed by atoms with Crippen molar-refractivity contribution in [2.24, 2.45) is 0 Å². The molecule has 2 aromatic rings. The molecule has 0 amide bonds. The molecule has 0 spiro atoms. The molecule has 0 radical (unpaired) electrons. The first-order valence-electron chi connectivity index (χ1n) is 6.19. The highest BCUT2D eigenvalue weighted by Gasteiger charge is 2.27. The first kappa shape index (κ1) is 15.3. The smallest absolute Gasteiger partial charge is 0.399 e. The van der Waals surface area contributed by atoms with E-state index in [9.17, 15) is 13.2 Å². The van der Waals surface area contributed by atoms with E-state index in [0.29, 0.717) is 11.3 Å². The van der Waals surface area contributed by atoms with E-state index in [1.165, 1.54) is 0 Å². The van der Waals surface area contributed by atoms with Crippen molar-refractivity contribution in [2.45, 2.75) is 19.5 Å². The van der Waals surface area contributed by atoms with Gasteiger partial charge < -0.3 is 15.0 Å². The van der Waals surface area contributed by atoms with Crippen LogP contribution in [0.3, 0.4) is 0 Å². The quantitative estimate of drug-likeness (QED) is 0.679. The summed E-state index contributed by atoms with van der Waals surface area (Å²) in [4.78, 5) is 4.12. The molecule has 21 heavy (non-hydrogen) atoms. The summed E-state index contributed by atoms with van der Waals surface area (Å²) in [6, 6.07) is 5.27. The Balaban J connectivity index is 1.97. The predicted octanol–water partition coefficient (Wildman–Crippen LogP) is 2.75. The van der Waals surface area contributed by atoms with E-state index in [0.717, 1.165) is 5.56 Å². The molecule has 8 heteroatoms. The summed E-state index contributed by atoms with van der Waals surface area (Å²) < 4.78 is 45.3. The maximum Gasteiger partial charge on any atom is 0.411 e. The van der Waals surface area contributed by atoms with Crippen LogP contribution in [0.2, 0.25) is 0 Å². The van der Waals surface area contributed by atoms with Gasteiger partial charge in [-0.1, -0.05) is 11.2 Å². The molecule has 0 aliphatic heterocycles. The zero-order valence-corrected chi connectivity index (χ0v) is 11.3. The zero-order valence-electron chi connectivity index (χ0n) is 11.3. The monoisotopic (exact) mass is 301 g/mol. The first-order chi connectivity index (χ1) is 9.85. The Labute approximate surface area is 118 Å². The van der Waals surface area contributed by atoms with Gasteiger partial charge in [0.2, 0.25) is 0 Å². The SMILES string of the molecule is Cc1ccc(N)cc1-c1nc(CCOCC(F)(F)F)no1. The molecule has 0 fully saturated rings. The number of ether oxygens (including phenoxy) is 1. The number of hydrogen-bond donors (Lipinski definition) is 1. The highest BCUT2D eigenvalue weighted by Crippen LogP contribution is 2.24. The van der Waals surface area contributed by atoms with Crippen LogP contribution < -0.4 is 5.73 Å². The number of nitrogen functional groups attached to an aromatic ring is 1. The molecule has 0 atom stereocenters. The molecular weight excluding hydrogens is 287 g/mol. The van der Waals surface area contributed by atoms with Gasteiger partial charge >= 0.3 is 6.18 Å². The van der Waals surface area contributed by atoms with Crippen LogP contribution in [-0.2, 0) is 11.2 Å². The number of aromatic nitrogens is 2. The van der Waals surface area contributed by atoms with Gasteiger partial charge in [0.05, 0.1) is 6.61 Å². The predicted molar refractivity (Wildman–Crippen MR) is 69.5 cm³/mol. The van der Waals surface area contributed by atoms with E-state index in [4.69, 9.17) is 10.3 Å². The number of halogens is 3. The van der Waals surface area contributed by atoms with Gasteiger partial charge in [0.15, 0.2) is 5.82 Å². The Kier molecular flexibility index (Phi) is 4.46. The normalized spacial score (nSPS) is 11.8. The minimum Gasteiger partial charge on any atom is -0.399 e. The molecule has 114 valence electrons. The number of aryl methyl sites for hydroxylation is 1. The van der Waals surface area contributed by atoms with E-state index < -0.39 is 12.8 Å². The third kappa shape index (κ3) is 4.45. The molecule has 1 aromatic carbocycles. The minimum absolute atomic E-state index is 0.131. The third-order valence-electron chi connectivity index (χ3n) is 2.70. The third-order valence-corrected chi connectivity index (χ3v) is 2.70. The van der Waals surface area contributed by atoms with Crippen molar-refractivity contribution in [2.75, 3.05) is 18.9 Å². The summed E-state index contributed by atoms with van der Waals surface area (Å²) in [5.41, 5.74) is 7.86. The Hall–Kier alpha value is -2.09. The van der Waals surface area contributed by atoms with Gasteiger partial charge in [-0.15, -0.1) is 0 Å². The van der Waals surface area contributed by atoms with Crippen LogP contribution in [0.25, 0.3) is 11.5 Å². The standard InChI is InChI=1S/C13H14F3N3O2/c1-8-2-3-9(17)6-10(8)12-18-11(19-21-12)4-5-20-7-13(14,15)16/h2-3,6H,4-5,7,17H2,1H3. The van der Waals surface area contributed by atoms with Crippen molar-refractivity contribution in [3.63, 3.8) is 0 Å². The highest BCUT2D eigenvalue weighted by atomic mass is 19.4. The second-order valence-corrected chi connectivity index (χ2v) is 4.51. The Morgan fingerprint density at radius 2 is 2.10 bits per heavy atom. The molecule has 0 bridgehead atoms. The fraction of sp³-hybridized carbons (Fsp3) is 0.385. The van der Waals surface area contributed by atoms with Crippen LogP contribution in [0.5, 0.6) is 0 Å². The number of rotatable bonds is 5. The second-order valence-electron chi connectivity index (χ2n) is 4.51. The summed E-state index contributed by atoms with van der Waals surface area (Å²) in [6.45, 7) is 0.450. The Morgan fingerprint density at radius 3 is 2.81 bits per heavy atom. The number of nitrogens with two attached hydrogens (primary N) is 1. The lowest BCUT2D eigenvalue weighted by Crippen LogP contribution is -2.18. The molecule has 0 aliphatic rings. The van der Waals surface area contributed by atoms with Crippen molar-refractivity contribution in [1.29, 1.82) is 0 Å². The molecule has 5 nitrogen and oxygen atoms in total. The molecular formula is C13H14F3N3O2. The zero-order chi connectivity index (χ0) is 15.5. The first-order valence-corrected chi connectivity index (χ1v) is 6.19. The fourth-order valence-corrected chi connectivity index (χ4v) is 1.69. The number of benzene rings is 1. The lowest BCUT2D eigenvalue weighted by Gasteiger charge is -2.05. The molecule has 2 N–H and O–H groups in total. The average Bonchev–Trinajstić information content (AvgIpc) is 2.85. The summed E-state index contributed by atoms with van der Waals surface area (Å²) in [6.07, 6.45) is -4.19. The maximum absolute atomic E-state index is 11.9. The fourth-order valence-electron chi connectivity index (χ4n) is 1.69. The average molecular weight is 301 g/mol. The van der Waals surface area contributed by atoms with Crippen molar-refractivity contribution in [1.82, 2.24) is 10.1 Å². The van der Waals surface area contributed by atoms with Crippen LogP contribution >= 0.6 is 0 Å². The van der Waals surface area contributed by atoms with Crippen molar-refractivity contribution in [3.05, 3.63) is 29.6 Å². The summed E-state index contributed by atoms with van der Waals surface area (Å²) in [5, 5.41) is 3.71. The van der Waals surface area contributed by atoms with Gasteiger partial charge in [-0.2, -0.15) is 18.2 Å². The van der Waals surface area contributed by atoms with Gasteiger partial charge in [-0.3, -0.25) is 0 Å². The molecule has 0 unspecified atom stereocenters. The van der Waals surface area contributed by atoms with Crippen molar-refractivity contribution in [3.8, 4) is 11.5 Å². The van der Waals surface area contributed by atoms with Gasteiger partial charge in [-0.05, 0) is 24.6 Å². The van der Waals surface area contributed by atoms with Crippen LogP contribution in [-0.4, -0.2) is 29.5 Å². The van der Waals surface area contributed by atoms with Crippen molar-refractivity contribution < 1.29 is 22.4 Å². The molecule has 2 rings (SSSR count).